The largest absolute Gasteiger partial charge is 0.310 e. The van der Waals surface area contributed by atoms with E-state index < -0.39 is 10.0 Å². The van der Waals surface area contributed by atoms with Gasteiger partial charge in [0.1, 0.15) is 0 Å². The molecule has 1 aliphatic heterocycles. The van der Waals surface area contributed by atoms with Gasteiger partial charge < -0.3 is 5.32 Å². The molecular formula is C16H26N2O2S. The van der Waals surface area contributed by atoms with Gasteiger partial charge in [0.25, 0.3) is 0 Å². The Balaban J connectivity index is 2.13. The summed E-state index contributed by atoms with van der Waals surface area (Å²) in [5.74, 6) is 0. The van der Waals surface area contributed by atoms with E-state index >= 15 is 0 Å². The zero-order valence-electron chi connectivity index (χ0n) is 13.2. The molecule has 1 unspecified atom stereocenters. The monoisotopic (exact) mass is 310 g/mol. The van der Waals surface area contributed by atoms with Crippen molar-refractivity contribution in [1.29, 1.82) is 0 Å². The molecule has 1 aliphatic rings. The first kappa shape index (κ1) is 16.5. The molecule has 0 saturated carbocycles. The van der Waals surface area contributed by atoms with E-state index in [1.165, 1.54) is 0 Å². The van der Waals surface area contributed by atoms with Crippen LogP contribution in [0.5, 0.6) is 0 Å². The van der Waals surface area contributed by atoms with Gasteiger partial charge in [0.15, 0.2) is 0 Å². The zero-order chi connectivity index (χ0) is 15.5. The van der Waals surface area contributed by atoms with Crippen molar-refractivity contribution in [1.82, 2.24) is 9.62 Å². The molecule has 0 aromatic heterocycles. The first-order chi connectivity index (χ1) is 9.95. The Hall–Kier alpha value is -0.910. The van der Waals surface area contributed by atoms with E-state index in [0.717, 1.165) is 31.4 Å². The number of sulfonamides is 1. The molecule has 1 fully saturated rings. The third-order valence-corrected chi connectivity index (χ3v) is 6.00. The third-order valence-electron chi connectivity index (χ3n) is 4.04. The molecule has 0 bridgehead atoms. The highest BCUT2D eigenvalue weighted by molar-refractivity contribution is 7.89. The smallest absolute Gasteiger partial charge is 0.243 e. The molecule has 0 amide bonds. The molecule has 118 valence electrons. The lowest BCUT2D eigenvalue weighted by molar-refractivity contribution is 0.379. The lowest BCUT2D eigenvalue weighted by Crippen LogP contribution is -2.35. The van der Waals surface area contributed by atoms with Crippen LogP contribution in [0.4, 0.5) is 0 Å². The highest BCUT2D eigenvalue weighted by atomic mass is 32.2. The number of benzene rings is 1. The summed E-state index contributed by atoms with van der Waals surface area (Å²) in [4.78, 5) is 0.413. The zero-order valence-corrected chi connectivity index (χ0v) is 14.0. The Morgan fingerprint density at radius 3 is 2.52 bits per heavy atom. The van der Waals surface area contributed by atoms with Crippen LogP contribution in [-0.4, -0.2) is 31.4 Å². The topological polar surface area (TPSA) is 49.4 Å². The summed E-state index contributed by atoms with van der Waals surface area (Å²) >= 11 is 0. The molecule has 1 saturated heterocycles. The number of hydrogen-bond donors (Lipinski definition) is 1. The predicted molar refractivity (Wildman–Crippen MR) is 85.6 cm³/mol. The Bertz CT molecular complexity index is 552. The van der Waals surface area contributed by atoms with Crippen molar-refractivity contribution in [2.24, 2.45) is 0 Å². The standard InChI is InChI=1S/C16H26N2O2S/c1-4-15-6-5-11-18(15)21(19,20)16-9-7-14(8-10-16)12-17-13(2)3/h7-10,13,15,17H,4-6,11-12H2,1-3H3. The molecule has 0 aliphatic carbocycles. The average Bonchev–Trinajstić information content (AvgIpc) is 2.94. The maximum atomic E-state index is 12.7. The summed E-state index contributed by atoms with van der Waals surface area (Å²) in [6.07, 6.45) is 2.83. The van der Waals surface area contributed by atoms with Gasteiger partial charge in [-0.3, -0.25) is 0 Å². The number of nitrogens with zero attached hydrogens (tertiary/aromatic N) is 1. The summed E-state index contributed by atoms with van der Waals surface area (Å²) < 4.78 is 27.1. The van der Waals surface area contributed by atoms with Gasteiger partial charge in [-0.1, -0.05) is 32.9 Å². The minimum Gasteiger partial charge on any atom is -0.310 e. The first-order valence-corrected chi connectivity index (χ1v) is 9.23. The fraction of sp³-hybridized carbons (Fsp3) is 0.625. The second kappa shape index (κ2) is 6.90. The second-order valence-corrected chi connectivity index (χ2v) is 7.89. The van der Waals surface area contributed by atoms with Crippen molar-refractivity contribution in [2.45, 2.75) is 63.6 Å². The van der Waals surface area contributed by atoms with Crippen LogP contribution in [0.15, 0.2) is 29.2 Å². The second-order valence-electron chi connectivity index (χ2n) is 6.00. The highest BCUT2D eigenvalue weighted by Gasteiger charge is 2.33. The van der Waals surface area contributed by atoms with E-state index in [2.05, 4.69) is 26.1 Å². The molecule has 1 atom stereocenters. The van der Waals surface area contributed by atoms with Crippen molar-refractivity contribution in [3.05, 3.63) is 29.8 Å². The summed E-state index contributed by atoms with van der Waals surface area (Å²) in [6.45, 7) is 7.66. The Morgan fingerprint density at radius 2 is 1.95 bits per heavy atom. The van der Waals surface area contributed by atoms with Gasteiger partial charge in [-0.15, -0.1) is 0 Å². The van der Waals surface area contributed by atoms with Gasteiger partial charge in [0, 0.05) is 25.2 Å². The predicted octanol–water partition coefficient (Wildman–Crippen LogP) is 2.75. The van der Waals surface area contributed by atoms with Gasteiger partial charge in [-0.25, -0.2) is 8.42 Å². The third kappa shape index (κ3) is 3.84. The molecule has 0 spiro atoms. The van der Waals surface area contributed by atoms with E-state index in [4.69, 9.17) is 0 Å². The van der Waals surface area contributed by atoms with Crippen LogP contribution in [0.1, 0.15) is 45.6 Å². The maximum absolute atomic E-state index is 12.7. The number of nitrogens with one attached hydrogen (secondary N) is 1. The van der Waals surface area contributed by atoms with Crippen LogP contribution < -0.4 is 5.32 Å². The summed E-state index contributed by atoms with van der Waals surface area (Å²) in [7, 11) is -3.34. The van der Waals surface area contributed by atoms with Crippen LogP contribution in [0.3, 0.4) is 0 Å². The van der Waals surface area contributed by atoms with Gasteiger partial charge in [-0.2, -0.15) is 4.31 Å². The van der Waals surface area contributed by atoms with Crippen LogP contribution in [-0.2, 0) is 16.6 Å². The van der Waals surface area contributed by atoms with Crippen LogP contribution in [0, 0.1) is 0 Å². The minimum absolute atomic E-state index is 0.164. The Kier molecular flexibility index (Phi) is 5.41. The van der Waals surface area contributed by atoms with Crippen molar-refractivity contribution in [3.8, 4) is 0 Å². The molecule has 4 nitrogen and oxygen atoms in total. The first-order valence-electron chi connectivity index (χ1n) is 7.79. The van der Waals surface area contributed by atoms with Crippen molar-refractivity contribution in [2.75, 3.05) is 6.54 Å². The fourth-order valence-electron chi connectivity index (χ4n) is 2.77. The summed E-state index contributed by atoms with van der Waals surface area (Å²) in [5.41, 5.74) is 1.11. The lowest BCUT2D eigenvalue weighted by Gasteiger charge is -2.23. The van der Waals surface area contributed by atoms with E-state index in [1.807, 2.05) is 12.1 Å². The normalized spacial score (nSPS) is 20.3. The summed E-state index contributed by atoms with van der Waals surface area (Å²) in [5, 5.41) is 3.33. The average molecular weight is 310 g/mol. The van der Waals surface area contributed by atoms with Gasteiger partial charge in [-0.05, 0) is 37.0 Å². The van der Waals surface area contributed by atoms with E-state index in [9.17, 15) is 8.42 Å². The van der Waals surface area contributed by atoms with Crippen molar-refractivity contribution in [3.63, 3.8) is 0 Å². The molecule has 2 rings (SSSR count). The minimum atomic E-state index is -3.34. The van der Waals surface area contributed by atoms with Crippen LogP contribution in [0.25, 0.3) is 0 Å². The van der Waals surface area contributed by atoms with E-state index in [1.54, 1.807) is 16.4 Å². The van der Waals surface area contributed by atoms with Gasteiger partial charge in [0.2, 0.25) is 10.0 Å². The quantitative estimate of drug-likeness (QED) is 0.879. The van der Waals surface area contributed by atoms with Crippen LogP contribution >= 0.6 is 0 Å². The van der Waals surface area contributed by atoms with Gasteiger partial charge in [0.05, 0.1) is 4.90 Å². The SMILES string of the molecule is CCC1CCCN1S(=O)(=O)c1ccc(CNC(C)C)cc1. The van der Waals surface area contributed by atoms with Crippen LogP contribution in [0.2, 0.25) is 0 Å². The molecule has 1 aromatic rings. The summed E-state index contributed by atoms with van der Waals surface area (Å²) in [6, 6.07) is 7.86. The molecule has 1 N–H and O–H groups in total. The highest BCUT2D eigenvalue weighted by Crippen LogP contribution is 2.27. The van der Waals surface area contributed by atoms with Crippen molar-refractivity contribution < 1.29 is 8.42 Å². The maximum Gasteiger partial charge on any atom is 0.243 e. The molecule has 21 heavy (non-hydrogen) atoms. The molecule has 0 radical (unpaired) electrons. The molecule has 1 heterocycles. The Labute approximate surface area is 128 Å². The lowest BCUT2D eigenvalue weighted by atomic mass is 10.2. The molecular weight excluding hydrogens is 284 g/mol. The molecule has 1 aromatic carbocycles. The van der Waals surface area contributed by atoms with E-state index in [-0.39, 0.29) is 6.04 Å². The number of hydrogen-bond acceptors (Lipinski definition) is 3. The van der Waals surface area contributed by atoms with Gasteiger partial charge >= 0.3 is 0 Å². The fourth-order valence-corrected chi connectivity index (χ4v) is 4.54. The Morgan fingerprint density at radius 1 is 1.29 bits per heavy atom. The van der Waals surface area contributed by atoms with E-state index in [0.29, 0.717) is 17.5 Å². The number of rotatable bonds is 6. The van der Waals surface area contributed by atoms with Crippen molar-refractivity contribution >= 4 is 10.0 Å². The molecule has 5 heteroatoms.